The van der Waals surface area contributed by atoms with Gasteiger partial charge in [-0.1, -0.05) is 17.7 Å². The number of hydrogen-bond acceptors (Lipinski definition) is 4. The molecule has 0 radical (unpaired) electrons. The van der Waals surface area contributed by atoms with Crippen molar-refractivity contribution in [1.29, 1.82) is 0 Å². The van der Waals surface area contributed by atoms with Gasteiger partial charge in [0.1, 0.15) is 10.8 Å². The third kappa shape index (κ3) is 3.59. The normalized spacial score (nSPS) is 14.4. The highest BCUT2D eigenvalue weighted by atomic mass is 32.2. The zero-order valence-corrected chi connectivity index (χ0v) is 18.0. The monoisotopic (exact) mass is 412 g/mol. The summed E-state index contributed by atoms with van der Waals surface area (Å²) >= 11 is 3.68. The van der Waals surface area contributed by atoms with E-state index in [2.05, 4.69) is 22.9 Å². The Kier molecular flexibility index (Phi) is 5.51. The molecule has 1 atom stereocenters. The summed E-state index contributed by atoms with van der Waals surface area (Å²) in [6, 6.07) is 9.91. The minimum atomic E-state index is -0.145. The van der Waals surface area contributed by atoms with Gasteiger partial charge in [0, 0.05) is 28.6 Å². The SMILES string of the molecule is COc1ccc(C)cc1C(C)NC(=O)c1c(-n2cccc2)sc2c1CCSC2. The zero-order valence-electron chi connectivity index (χ0n) is 16.3. The number of nitrogens with zero attached hydrogens (tertiary/aromatic N) is 1. The Balaban J connectivity index is 1.69. The van der Waals surface area contributed by atoms with Crippen LogP contribution in [-0.4, -0.2) is 23.3 Å². The molecule has 0 bridgehead atoms. The van der Waals surface area contributed by atoms with E-state index in [0.717, 1.165) is 45.4 Å². The molecular weight excluding hydrogens is 388 g/mol. The number of hydrogen-bond donors (Lipinski definition) is 1. The van der Waals surface area contributed by atoms with Crippen molar-refractivity contribution in [3.05, 3.63) is 69.9 Å². The number of amides is 1. The fraction of sp³-hybridized carbons (Fsp3) is 0.318. The maximum absolute atomic E-state index is 13.4. The first-order chi connectivity index (χ1) is 13.6. The van der Waals surface area contributed by atoms with Gasteiger partial charge in [0.2, 0.25) is 0 Å². The van der Waals surface area contributed by atoms with Crippen LogP contribution in [0.1, 0.15) is 44.9 Å². The van der Waals surface area contributed by atoms with E-state index in [0.29, 0.717) is 0 Å². The molecule has 0 aliphatic carbocycles. The smallest absolute Gasteiger partial charge is 0.255 e. The van der Waals surface area contributed by atoms with Crippen molar-refractivity contribution in [2.24, 2.45) is 0 Å². The average molecular weight is 413 g/mol. The highest BCUT2D eigenvalue weighted by molar-refractivity contribution is 7.98. The van der Waals surface area contributed by atoms with Gasteiger partial charge in [-0.3, -0.25) is 4.79 Å². The second-order valence-corrected chi connectivity index (χ2v) is 9.21. The van der Waals surface area contributed by atoms with Crippen LogP contribution in [0, 0.1) is 6.92 Å². The van der Waals surface area contributed by atoms with Gasteiger partial charge in [0.15, 0.2) is 0 Å². The molecule has 1 amide bonds. The van der Waals surface area contributed by atoms with Crippen LogP contribution in [0.5, 0.6) is 5.75 Å². The first kappa shape index (κ1) is 19.2. The predicted octanol–water partition coefficient (Wildman–Crippen LogP) is 5.14. The number of aromatic nitrogens is 1. The van der Waals surface area contributed by atoms with Gasteiger partial charge in [0.25, 0.3) is 5.91 Å². The quantitative estimate of drug-likeness (QED) is 0.631. The molecule has 1 aliphatic rings. The third-order valence-corrected chi connectivity index (χ3v) is 7.48. The lowest BCUT2D eigenvalue weighted by atomic mass is 10.0. The fourth-order valence-corrected chi connectivity index (χ4v) is 6.09. The van der Waals surface area contributed by atoms with Crippen molar-refractivity contribution in [2.75, 3.05) is 12.9 Å². The number of thiophene rings is 1. The standard InChI is InChI=1S/C22H24N2O2S2/c1-14-6-7-18(26-3)17(12-14)15(2)23-21(25)20-16-8-11-27-13-19(16)28-22(20)24-9-4-5-10-24/h4-7,9-10,12,15H,8,11,13H2,1-3H3,(H,23,25). The van der Waals surface area contributed by atoms with Crippen LogP contribution in [0.3, 0.4) is 0 Å². The number of aryl methyl sites for hydroxylation is 1. The Morgan fingerprint density at radius 2 is 2.07 bits per heavy atom. The molecule has 146 valence electrons. The van der Waals surface area contributed by atoms with Crippen LogP contribution in [0.15, 0.2) is 42.7 Å². The summed E-state index contributed by atoms with van der Waals surface area (Å²) < 4.78 is 7.57. The summed E-state index contributed by atoms with van der Waals surface area (Å²) in [5.74, 6) is 2.84. The predicted molar refractivity (Wildman–Crippen MR) is 117 cm³/mol. The van der Waals surface area contributed by atoms with Crippen LogP contribution in [0.4, 0.5) is 0 Å². The molecule has 0 fully saturated rings. The number of carbonyl (C=O) groups excluding carboxylic acids is 1. The minimum Gasteiger partial charge on any atom is -0.496 e. The highest BCUT2D eigenvalue weighted by Gasteiger charge is 2.27. The van der Waals surface area contributed by atoms with Gasteiger partial charge >= 0.3 is 0 Å². The Morgan fingerprint density at radius 1 is 1.29 bits per heavy atom. The summed E-state index contributed by atoms with van der Waals surface area (Å²) in [5, 5.41) is 4.23. The summed E-state index contributed by atoms with van der Waals surface area (Å²) in [7, 11) is 1.67. The number of benzene rings is 1. The summed E-state index contributed by atoms with van der Waals surface area (Å²) in [5.41, 5.74) is 4.19. The van der Waals surface area contributed by atoms with Crippen LogP contribution >= 0.6 is 23.1 Å². The van der Waals surface area contributed by atoms with E-state index in [4.69, 9.17) is 4.74 Å². The van der Waals surface area contributed by atoms with Crippen molar-refractivity contribution < 1.29 is 9.53 Å². The van der Waals surface area contributed by atoms with Crippen LogP contribution in [-0.2, 0) is 12.2 Å². The number of fused-ring (bicyclic) bond motifs is 1. The van der Waals surface area contributed by atoms with Gasteiger partial charge in [-0.25, -0.2) is 0 Å². The number of nitrogens with one attached hydrogen (secondary N) is 1. The Labute approximate surface area is 173 Å². The van der Waals surface area contributed by atoms with E-state index in [-0.39, 0.29) is 11.9 Å². The molecule has 1 aliphatic heterocycles. The summed E-state index contributed by atoms with van der Waals surface area (Å²) in [6.07, 6.45) is 4.96. The number of ether oxygens (including phenoxy) is 1. The molecule has 0 saturated heterocycles. The van der Waals surface area contributed by atoms with Gasteiger partial charge in [-0.15, -0.1) is 11.3 Å². The number of thioether (sulfide) groups is 1. The largest absolute Gasteiger partial charge is 0.496 e. The summed E-state index contributed by atoms with van der Waals surface area (Å²) in [6.45, 7) is 4.06. The molecule has 1 aromatic carbocycles. The molecule has 2 aromatic heterocycles. The van der Waals surface area contributed by atoms with Crippen molar-refractivity contribution in [3.8, 4) is 10.8 Å². The van der Waals surface area contributed by atoms with Crippen molar-refractivity contribution in [2.45, 2.75) is 32.1 Å². The van der Waals surface area contributed by atoms with Gasteiger partial charge in [-0.2, -0.15) is 11.8 Å². The van der Waals surface area contributed by atoms with E-state index in [1.54, 1.807) is 18.4 Å². The molecule has 0 spiro atoms. The topological polar surface area (TPSA) is 43.3 Å². The van der Waals surface area contributed by atoms with Crippen LogP contribution < -0.4 is 10.1 Å². The lowest BCUT2D eigenvalue weighted by Crippen LogP contribution is -2.28. The molecule has 4 nitrogen and oxygen atoms in total. The molecule has 1 unspecified atom stereocenters. The van der Waals surface area contributed by atoms with E-state index in [1.807, 2.05) is 55.3 Å². The second-order valence-electron chi connectivity index (χ2n) is 7.02. The zero-order chi connectivity index (χ0) is 19.7. The molecule has 3 heterocycles. The van der Waals surface area contributed by atoms with Gasteiger partial charge in [-0.05, 0) is 49.8 Å². The third-order valence-electron chi connectivity index (χ3n) is 5.07. The fourth-order valence-electron chi connectivity index (χ4n) is 3.64. The van der Waals surface area contributed by atoms with Gasteiger partial charge < -0.3 is 14.6 Å². The molecule has 28 heavy (non-hydrogen) atoms. The minimum absolute atomic E-state index is 0.0100. The van der Waals surface area contributed by atoms with Gasteiger partial charge in [0.05, 0.1) is 18.7 Å². The number of methoxy groups -OCH3 is 1. The average Bonchev–Trinajstić information content (AvgIpc) is 3.35. The van der Waals surface area contributed by atoms with Crippen molar-refractivity contribution >= 4 is 29.0 Å². The second kappa shape index (κ2) is 8.05. The van der Waals surface area contributed by atoms with E-state index in [1.165, 1.54) is 10.4 Å². The lowest BCUT2D eigenvalue weighted by molar-refractivity contribution is 0.0939. The first-order valence-corrected chi connectivity index (χ1v) is 11.4. The molecule has 1 N–H and O–H groups in total. The molecule has 0 saturated carbocycles. The molecule has 3 aromatic rings. The maximum atomic E-state index is 13.4. The lowest BCUT2D eigenvalue weighted by Gasteiger charge is -2.19. The Hall–Kier alpha value is -2.18. The molecule has 6 heteroatoms. The van der Waals surface area contributed by atoms with Crippen LogP contribution in [0.2, 0.25) is 0 Å². The van der Waals surface area contributed by atoms with E-state index < -0.39 is 0 Å². The van der Waals surface area contributed by atoms with E-state index >= 15 is 0 Å². The highest BCUT2D eigenvalue weighted by Crippen LogP contribution is 2.38. The molecule has 4 rings (SSSR count). The number of rotatable bonds is 5. The maximum Gasteiger partial charge on any atom is 0.255 e. The van der Waals surface area contributed by atoms with Crippen LogP contribution in [0.25, 0.3) is 5.00 Å². The molecular formula is C22H24N2O2S2. The van der Waals surface area contributed by atoms with Crippen molar-refractivity contribution in [3.63, 3.8) is 0 Å². The summed E-state index contributed by atoms with van der Waals surface area (Å²) in [4.78, 5) is 14.7. The Bertz CT molecular complexity index is 992. The van der Waals surface area contributed by atoms with E-state index in [9.17, 15) is 4.79 Å². The first-order valence-electron chi connectivity index (χ1n) is 9.39. The number of carbonyl (C=O) groups is 1. The van der Waals surface area contributed by atoms with Crippen molar-refractivity contribution in [1.82, 2.24) is 9.88 Å². The Morgan fingerprint density at radius 3 is 2.82 bits per heavy atom.